The van der Waals surface area contributed by atoms with Gasteiger partial charge in [0.15, 0.2) is 5.11 Å². The highest BCUT2D eigenvalue weighted by atomic mass is 32.1. The fourth-order valence-corrected chi connectivity index (χ4v) is 1.94. The fourth-order valence-electron chi connectivity index (χ4n) is 1.79. The lowest BCUT2D eigenvalue weighted by molar-refractivity contribution is 0.0943. The zero-order valence-electron chi connectivity index (χ0n) is 12.2. The molecule has 0 aliphatic carbocycles. The Kier molecular flexibility index (Phi) is 5.93. The second kappa shape index (κ2) is 8.16. The Balaban J connectivity index is 1.84. The lowest BCUT2D eigenvalue weighted by Crippen LogP contribution is -2.47. The molecule has 2 rings (SSSR count). The molecule has 0 unspecified atom stereocenters. The molecule has 6 nitrogen and oxygen atoms in total. The maximum atomic E-state index is 12.0. The number of carbonyl (C=O) groups excluding carboxylic acids is 1. The van der Waals surface area contributed by atoms with Crippen LogP contribution in [0, 0.1) is 0 Å². The number of carbonyl (C=O) groups is 1. The predicted molar refractivity (Wildman–Crippen MR) is 88.8 cm³/mol. The van der Waals surface area contributed by atoms with Crippen molar-refractivity contribution in [2.24, 2.45) is 0 Å². The van der Waals surface area contributed by atoms with E-state index >= 15 is 0 Å². The molecule has 0 radical (unpaired) electrons. The van der Waals surface area contributed by atoms with Gasteiger partial charge in [-0.2, -0.15) is 0 Å². The molecule has 1 heterocycles. The van der Waals surface area contributed by atoms with Gasteiger partial charge in [0.05, 0.1) is 6.61 Å². The van der Waals surface area contributed by atoms with Gasteiger partial charge in [-0.05, 0) is 48.6 Å². The van der Waals surface area contributed by atoms with Crippen LogP contribution in [0.4, 0.5) is 0 Å². The van der Waals surface area contributed by atoms with E-state index in [4.69, 9.17) is 17.0 Å². The number of methoxy groups -OCH3 is 1. The summed E-state index contributed by atoms with van der Waals surface area (Å²) in [7, 11) is 1.61. The highest BCUT2D eigenvalue weighted by Crippen LogP contribution is 2.09. The molecule has 0 saturated carbocycles. The summed E-state index contributed by atoms with van der Waals surface area (Å²) in [4.78, 5) is 12.0. The number of amides is 1. The van der Waals surface area contributed by atoms with Crippen LogP contribution in [0.1, 0.15) is 10.4 Å². The highest BCUT2D eigenvalue weighted by Gasteiger charge is 2.05. The first-order chi connectivity index (χ1) is 10.7. The van der Waals surface area contributed by atoms with Crippen LogP contribution in [-0.4, -0.2) is 35.8 Å². The van der Waals surface area contributed by atoms with Crippen LogP contribution in [0.2, 0.25) is 0 Å². The molecule has 0 spiro atoms. The summed E-state index contributed by atoms with van der Waals surface area (Å²) in [5.41, 5.74) is 6.72. The van der Waals surface area contributed by atoms with Crippen molar-refractivity contribution in [3.05, 3.63) is 54.4 Å². The third-order valence-electron chi connectivity index (χ3n) is 2.91. The second-order valence-corrected chi connectivity index (χ2v) is 4.87. The Hall–Kier alpha value is -2.38. The predicted octanol–water partition coefficient (Wildman–Crippen LogP) is 1.23. The quantitative estimate of drug-likeness (QED) is 0.440. The van der Waals surface area contributed by atoms with E-state index in [-0.39, 0.29) is 5.91 Å². The standard InChI is InChI=1S/C15H18N4O2S/c1-21-11-8-16-15(22)18-17-14(20)12-4-6-13(7-5-12)19-9-2-3-10-19/h2-7,9-10H,8,11H2,1H3,(H,17,20)(H2,16,18,22). The third kappa shape index (κ3) is 4.57. The number of hydrogen-bond donors (Lipinski definition) is 3. The first-order valence-electron chi connectivity index (χ1n) is 6.77. The van der Waals surface area contributed by atoms with Gasteiger partial charge in [0.2, 0.25) is 0 Å². The minimum atomic E-state index is -0.255. The summed E-state index contributed by atoms with van der Waals surface area (Å²) in [5.74, 6) is -0.255. The number of hydrazine groups is 1. The summed E-state index contributed by atoms with van der Waals surface area (Å²) in [6.07, 6.45) is 3.89. The molecule has 0 saturated heterocycles. The molecular formula is C15H18N4O2S. The Morgan fingerprint density at radius 1 is 1.18 bits per heavy atom. The van der Waals surface area contributed by atoms with E-state index in [0.717, 1.165) is 5.69 Å². The summed E-state index contributed by atoms with van der Waals surface area (Å²) in [6.45, 7) is 1.11. The fraction of sp³-hybridized carbons (Fsp3) is 0.200. The average molecular weight is 318 g/mol. The van der Waals surface area contributed by atoms with Crippen molar-refractivity contribution in [3.8, 4) is 5.69 Å². The molecular weight excluding hydrogens is 300 g/mol. The number of ether oxygens (including phenoxy) is 1. The van der Waals surface area contributed by atoms with E-state index in [0.29, 0.717) is 23.8 Å². The Labute approximate surface area is 134 Å². The molecule has 22 heavy (non-hydrogen) atoms. The topological polar surface area (TPSA) is 67.3 Å². The van der Waals surface area contributed by atoms with E-state index in [1.54, 1.807) is 19.2 Å². The maximum Gasteiger partial charge on any atom is 0.269 e. The monoisotopic (exact) mass is 318 g/mol. The maximum absolute atomic E-state index is 12.0. The molecule has 1 amide bonds. The van der Waals surface area contributed by atoms with Crippen molar-refractivity contribution >= 4 is 23.2 Å². The van der Waals surface area contributed by atoms with Crippen LogP contribution in [0.5, 0.6) is 0 Å². The van der Waals surface area contributed by atoms with E-state index in [1.807, 2.05) is 41.2 Å². The van der Waals surface area contributed by atoms with Gasteiger partial charge in [0, 0.05) is 37.3 Å². The normalized spacial score (nSPS) is 10.0. The van der Waals surface area contributed by atoms with Gasteiger partial charge >= 0.3 is 0 Å². The van der Waals surface area contributed by atoms with Gasteiger partial charge in [-0.15, -0.1) is 0 Å². The van der Waals surface area contributed by atoms with Crippen molar-refractivity contribution in [3.63, 3.8) is 0 Å². The van der Waals surface area contributed by atoms with Crippen molar-refractivity contribution in [1.82, 2.24) is 20.7 Å². The number of hydrogen-bond acceptors (Lipinski definition) is 3. The van der Waals surface area contributed by atoms with E-state index in [2.05, 4.69) is 16.2 Å². The number of thiocarbonyl (C=S) groups is 1. The van der Waals surface area contributed by atoms with Crippen LogP contribution in [0.25, 0.3) is 5.69 Å². The Bertz CT molecular complexity index is 611. The Morgan fingerprint density at radius 2 is 1.86 bits per heavy atom. The molecule has 0 fully saturated rings. The molecule has 0 aliphatic rings. The largest absolute Gasteiger partial charge is 0.383 e. The van der Waals surface area contributed by atoms with E-state index < -0.39 is 0 Å². The zero-order valence-corrected chi connectivity index (χ0v) is 13.0. The van der Waals surface area contributed by atoms with Gasteiger partial charge in [-0.3, -0.25) is 15.6 Å². The van der Waals surface area contributed by atoms with Crippen molar-refractivity contribution in [2.75, 3.05) is 20.3 Å². The molecule has 7 heteroatoms. The summed E-state index contributed by atoms with van der Waals surface area (Å²) in [5, 5.41) is 3.24. The molecule has 2 aromatic rings. The number of nitrogens with zero attached hydrogens (tertiary/aromatic N) is 1. The SMILES string of the molecule is COCCNC(=S)NNC(=O)c1ccc(-n2cccc2)cc1. The summed E-state index contributed by atoms with van der Waals surface area (Å²) < 4.78 is 6.86. The van der Waals surface area contributed by atoms with E-state index in [9.17, 15) is 4.79 Å². The third-order valence-corrected chi connectivity index (χ3v) is 3.16. The number of benzene rings is 1. The van der Waals surface area contributed by atoms with Crippen LogP contribution < -0.4 is 16.2 Å². The minimum Gasteiger partial charge on any atom is -0.383 e. The number of aromatic nitrogens is 1. The second-order valence-electron chi connectivity index (χ2n) is 4.47. The van der Waals surface area contributed by atoms with E-state index in [1.165, 1.54) is 0 Å². The van der Waals surface area contributed by atoms with Gasteiger partial charge in [-0.25, -0.2) is 0 Å². The smallest absolute Gasteiger partial charge is 0.269 e. The minimum absolute atomic E-state index is 0.255. The molecule has 0 bridgehead atoms. The van der Waals surface area contributed by atoms with Crippen LogP contribution in [-0.2, 0) is 4.74 Å². The molecule has 0 aliphatic heterocycles. The summed E-state index contributed by atoms with van der Waals surface area (Å²) in [6, 6.07) is 11.2. The van der Waals surface area contributed by atoms with Gasteiger partial charge in [0.25, 0.3) is 5.91 Å². The van der Waals surface area contributed by atoms with Crippen LogP contribution in [0.15, 0.2) is 48.8 Å². The van der Waals surface area contributed by atoms with Gasteiger partial charge in [0.1, 0.15) is 0 Å². The van der Waals surface area contributed by atoms with Crippen molar-refractivity contribution in [1.29, 1.82) is 0 Å². The zero-order chi connectivity index (χ0) is 15.8. The lowest BCUT2D eigenvalue weighted by atomic mass is 10.2. The molecule has 0 atom stereocenters. The average Bonchev–Trinajstić information content (AvgIpc) is 3.07. The Morgan fingerprint density at radius 3 is 2.50 bits per heavy atom. The molecule has 1 aromatic heterocycles. The van der Waals surface area contributed by atoms with Crippen molar-refractivity contribution in [2.45, 2.75) is 0 Å². The van der Waals surface area contributed by atoms with Crippen molar-refractivity contribution < 1.29 is 9.53 Å². The summed E-state index contributed by atoms with van der Waals surface area (Å²) >= 11 is 5.01. The van der Waals surface area contributed by atoms with Gasteiger partial charge < -0.3 is 14.6 Å². The van der Waals surface area contributed by atoms with Crippen LogP contribution >= 0.6 is 12.2 Å². The first kappa shape index (κ1) is 16.0. The first-order valence-corrected chi connectivity index (χ1v) is 7.18. The molecule has 3 N–H and O–H groups in total. The van der Waals surface area contributed by atoms with Crippen LogP contribution in [0.3, 0.4) is 0 Å². The molecule has 116 valence electrons. The number of nitrogens with one attached hydrogen (secondary N) is 3. The highest BCUT2D eigenvalue weighted by molar-refractivity contribution is 7.80. The number of rotatable bonds is 5. The molecule has 1 aromatic carbocycles. The lowest BCUT2D eigenvalue weighted by Gasteiger charge is -2.11. The van der Waals surface area contributed by atoms with Gasteiger partial charge in [-0.1, -0.05) is 0 Å².